The molecule has 0 saturated carbocycles. The molecule has 0 aliphatic rings. The molecule has 13 heavy (non-hydrogen) atoms. The highest BCUT2D eigenvalue weighted by Gasteiger charge is 1.93. The topological polar surface area (TPSA) is 12.0 Å². The van der Waals surface area contributed by atoms with E-state index in [1.54, 1.807) is 0 Å². The number of rotatable bonds is 2. The van der Waals surface area contributed by atoms with E-state index < -0.39 is 6.98 Å². The maximum absolute atomic E-state index is 7.07. The van der Waals surface area contributed by atoms with Crippen LogP contribution in [0.3, 0.4) is 0 Å². The van der Waals surface area contributed by atoms with Crippen LogP contribution >= 0.6 is 0 Å². The number of hydrogen-bond acceptors (Lipinski definition) is 1. The summed E-state index contributed by atoms with van der Waals surface area (Å²) in [6, 6.07) is 14.0. The summed E-state index contributed by atoms with van der Waals surface area (Å²) >= 11 is 0. The van der Waals surface area contributed by atoms with Crippen LogP contribution in [-0.4, -0.2) is 6.98 Å². The Morgan fingerprint density at radius 2 is 2.00 bits per heavy atom. The highest BCUT2D eigenvalue weighted by atomic mass is 14.8. The lowest BCUT2D eigenvalue weighted by molar-refractivity contribution is 0.819. The molecule has 1 nitrogen and oxygen atoms in total. The van der Waals surface area contributed by atoms with Gasteiger partial charge in [-0.2, -0.15) is 0 Å². The molecule has 0 amide bonds. The van der Waals surface area contributed by atoms with Crippen molar-refractivity contribution in [3.8, 4) is 0 Å². The Bertz CT molecular complexity index is 491. The van der Waals surface area contributed by atoms with Gasteiger partial charge < -0.3 is 5.32 Å². The Morgan fingerprint density at radius 1 is 1.15 bits per heavy atom. The van der Waals surface area contributed by atoms with Crippen LogP contribution in [0.2, 0.25) is 0 Å². The molecule has 0 spiro atoms. The molecule has 1 N–H and O–H groups in total. The molecule has 0 aliphatic heterocycles. The van der Waals surface area contributed by atoms with Gasteiger partial charge in [0.2, 0.25) is 0 Å². The van der Waals surface area contributed by atoms with Crippen molar-refractivity contribution < 1.29 is 4.11 Å². The molecule has 0 heterocycles. The number of hydrogen-bond donors (Lipinski definition) is 1. The minimum Gasteiger partial charge on any atom is -0.316 e. The number of fused-ring (bicyclic) bond motifs is 1. The zero-order chi connectivity index (χ0) is 11.6. The Morgan fingerprint density at radius 3 is 2.85 bits per heavy atom. The minimum absolute atomic E-state index is 0.362. The molecule has 0 unspecified atom stereocenters. The lowest BCUT2D eigenvalue weighted by Gasteiger charge is -2.02. The smallest absolute Gasteiger partial charge is 0.0391 e. The van der Waals surface area contributed by atoms with Crippen molar-refractivity contribution in [2.24, 2.45) is 0 Å². The van der Waals surface area contributed by atoms with E-state index in [0.29, 0.717) is 6.54 Å². The monoisotopic (exact) mass is 174 g/mol. The van der Waals surface area contributed by atoms with Gasteiger partial charge in [-0.3, -0.25) is 0 Å². The summed E-state index contributed by atoms with van der Waals surface area (Å²) < 4.78 is 21.2. The van der Waals surface area contributed by atoms with E-state index in [1.807, 2.05) is 42.5 Å². The summed E-state index contributed by atoms with van der Waals surface area (Å²) in [5.74, 6) is 0. The fourth-order valence-electron chi connectivity index (χ4n) is 1.45. The Labute approximate surface area is 82.6 Å². The first-order valence-corrected chi connectivity index (χ1v) is 4.27. The first-order valence-electron chi connectivity index (χ1n) is 5.77. The number of nitrogens with one attached hydrogen (secondary N) is 1. The lowest BCUT2D eigenvalue weighted by Crippen LogP contribution is -2.04. The minimum atomic E-state index is -2.08. The van der Waals surface area contributed by atoms with E-state index in [4.69, 9.17) is 4.11 Å². The van der Waals surface area contributed by atoms with Gasteiger partial charge in [0.05, 0.1) is 0 Å². The van der Waals surface area contributed by atoms with Crippen molar-refractivity contribution in [3.05, 3.63) is 48.0 Å². The maximum atomic E-state index is 7.07. The van der Waals surface area contributed by atoms with Crippen molar-refractivity contribution in [3.63, 3.8) is 0 Å². The van der Waals surface area contributed by atoms with Gasteiger partial charge in [-0.1, -0.05) is 36.4 Å². The Balaban J connectivity index is 2.20. The summed E-state index contributed by atoms with van der Waals surface area (Å²) in [6.45, 7) is -1.72. The molecule has 0 aliphatic carbocycles. The van der Waals surface area contributed by atoms with E-state index >= 15 is 0 Å². The lowest BCUT2D eigenvalue weighted by atomic mass is 10.1. The Hall–Kier alpha value is -1.34. The first-order chi connectivity index (χ1) is 7.54. The predicted molar refractivity (Wildman–Crippen MR) is 56.7 cm³/mol. The average Bonchev–Trinajstić information content (AvgIpc) is 2.25. The van der Waals surface area contributed by atoms with E-state index in [1.165, 1.54) is 5.39 Å². The largest absolute Gasteiger partial charge is 0.316 e. The molecule has 0 saturated heterocycles. The fraction of sp³-hybridized carbons (Fsp3) is 0.167. The third-order valence-corrected chi connectivity index (χ3v) is 2.11. The third-order valence-electron chi connectivity index (χ3n) is 2.11. The zero-order valence-corrected chi connectivity index (χ0v) is 7.25. The van der Waals surface area contributed by atoms with Gasteiger partial charge >= 0.3 is 0 Å². The molecule has 0 radical (unpaired) electrons. The van der Waals surface area contributed by atoms with Gasteiger partial charge in [0.15, 0.2) is 0 Å². The fourth-order valence-corrected chi connectivity index (χ4v) is 1.45. The molecular formula is C12H13N. The molecular weight excluding hydrogens is 158 g/mol. The van der Waals surface area contributed by atoms with Gasteiger partial charge in [-0.25, -0.2) is 0 Å². The molecule has 2 aromatic rings. The van der Waals surface area contributed by atoms with Crippen molar-refractivity contribution in [1.29, 1.82) is 0 Å². The van der Waals surface area contributed by atoms with Crippen LogP contribution < -0.4 is 5.32 Å². The van der Waals surface area contributed by atoms with Crippen LogP contribution in [0, 0.1) is 0 Å². The van der Waals surface area contributed by atoms with Gasteiger partial charge in [0.1, 0.15) is 0 Å². The predicted octanol–water partition coefficient (Wildman–Crippen LogP) is 2.56. The molecule has 66 valence electrons. The Kier molecular flexibility index (Phi) is 1.49. The van der Waals surface area contributed by atoms with E-state index in [-0.39, 0.29) is 0 Å². The van der Waals surface area contributed by atoms with Crippen LogP contribution in [0.5, 0.6) is 0 Å². The SMILES string of the molecule is [2H]C([2H])([2H])NCc1ccc2ccccc2c1. The van der Waals surface area contributed by atoms with Crippen molar-refractivity contribution in [2.75, 3.05) is 6.98 Å². The van der Waals surface area contributed by atoms with Crippen molar-refractivity contribution >= 4 is 10.8 Å². The van der Waals surface area contributed by atoms with Gasteiger partial charge in [-0.05, 0) is 29.4 Å². The highest BCUT2D eigenvalue weighted by Crippen LogP contribution is 2.15. The van der Waals surface area contributed by atoms with E-state index in [0.717, 1.165) is 10.9 Å². The molecule has 2 rings (SSSR count). The van der Waals surface area contributed by atoms with Crippen LogP contribution in [0.4, 0.5) is 0 Å². The molecule has 1 heteroatoms. The zero-order valence-electron chi connectivity index (χ0n) is 10.2. The van der Waals surface area contributed by atoms with Gasteiger partial charge in [-0.15, -0.1) is 0 Å². The quantitative estimate of drug-likeness (QED) is 0.737. The summed E-state index contributed by atoms with van der Waals surface area (Å²) in [4.78, 5) is 0. The highest BCUT2D eigenvalue weighted by molar-refractivity contribution is 5.82. The van der Waals surface area contributed by atoms with Crippen LogP contribution in [0.1, 0.15) is 9.68 Å². The maximum Gasteiger partial charge on any atom is 0.0391 e. The molecule has 0 aromatic heterocycles. The third kappa shape index (κ3) is 1.70. The first kappa shape index (κ1) is 5.40. The van der Waals surface area contributed by atoms with Crippen molar-refractivity contribution in [2.45, 2.75) is 6.54 Å². The van der Waals surface area contributed by atoms with Crippen molar-refractivity contribution in [1.82, 2.24) is 5.32 Å². The summed E-state index contributed by atoms with van der Waals surface area (Å²) in [5.41, 5.74) is 0.981. The van der Waals surface area contributed by atoms with Crippen LogP contribution in [-0.2, 0) is 6.54 Å². The van der Waals surface area contributed by atoms with E-state index in [9.17, 15) is 0 Å². The summed E-state index contributed by atoms with van der Waals surface area (Å²) in [6.07, 6.45) is 0. The second kappa shape index (κ2) is 3.58. The van der Waals surface area contributed by atoms with Gasteiger partial charge in [0, 0.05) is 10.7 Å². The normalized spacial score (nSPS) is 14.9. The molecule has 0 bridgehead atoms. The second-order valence-electron chi connectivity index (χ2n) is 3.04. The van der Waals surface area contributed by atoms with E-state index in [2.05, 4.69) is 5.32 Å². The standard InChI is InChI=1S/C12H13N/c1-13-9-10-6-7-11-4-2-3-5-12(11)8-10/h2-8,13H,9H2,1H3/i1D3. The van der Waals surface area contributed by atoms with Gasteiger partial charge in [0.25, 0.3) is 0 Å². The molecule has 0 atom stereocenters. The summed E-state index contributed by atoms with van der Waals surface area (Å²) in [7, 11) is 0. The average molecular weight is 174 g/mol. The summed E-state index contributed by atoms with van der Waals surface area (Å²) in [5, 5.41) is 4.80. The van der Waals surface area contributed by atoms with Crippen LogP contribution in [0.25, 0.3) is 10.8 Å². The molecule has 2 aromatic carbocycles. The second-order valence-corrected chi connectivity index (χ2v) is 3.04. The molecule has 0 fully saturated rings. The van der Waals surface area contributed by atoms with Crippen LogP contribution in [0.15, 0.2) is 42.5 Å². The number of benzene rings is 2.